The van der Waals surface area contributed by atoms with Crippen LogP contribution in [0, 0.1) is 0 Å². The molecule has 0 aliphatic carbocycles. The fraction of sp³-hybridized carbons (Fsp3) is 0.933. The number of rotatable bonds is 10. The Balaban J connectivity index is 0. The summed E-state index contributed by atoms with van der Waals surface area (Å²) in [5.41, 5.74) is 0. The smallest absolute Gasteiger partial charge is 0.303 e. The number of carbonyl (C=O) groups is 1. The second-order valence-corrected chi connectivity index (χ2v) is 5.26. The summed E-state index contributed by atoms with van der Waals surface area (Å²) in [7, 11) is 0. The average Bonchev–Trinajstić information content (AvgIpc) is 2.26. The Bertz CT molecular complexity index is 188. The molecule has 0 fully saturated rings. The molecule has 0 aromatic rings. The van der Waals surface area contributed by atoms with E-state index < -0.39 is 5.97 Å². The van der Waals surface area contributed by atoms with Crippen LogP contribution in [-0.2, 0) is 4.79 Å². The maximum absolute atomic E-state index is 10.1. The molecule has 0 aliphatic rings. The lowest BCUT2D eigenvalue weighted by Gasteiger charge is -2.09. The van der Waals surface area contributed by atoms with Gasteiger partial charge in [-0.15, -0.1) is 0 Å². The lowest BCUT2D eigenvalue weighted by molar-refractivity contribution is -0.137. The van der Waals surface area contributed by atoms with Crippen LogP contribution in [0.4, 0.5) is 0 Å². The SMILES string of the molecule is CC(C)NC(C)O.CCCCCCCCCC(=O)O. The number of aliphatic hydroxyl groups excluding tert-OH is 1. The van der Waals surface area contributed by atoms with Crippen LogP contribution in [-0.4, -0.2) is 28.5 Å². The van der Waals surface area contributed by atoms with Crippen molar-refractivity contribution in [1.29, 1.82) is 0 Å². The van der Waals surface area contributed by atoms with Gasteiger partial charge in [0, 0.05) is 12.5 Å². The third-order valence-electron chi connectivity index (χ3n) is 2.57. The number of hydrogen-bond donors (Lipinski definition) is 3. The van der Waals surface area contributed by atoms with E-state index in [2.05, 4.69) is 12.2 Å². The van der Waals surface area contributed by atoms with Gasteiger partial charge < -0.3 is 10.2 Å². The molecular weight excluding hydrogens is 242 g/mol. The Kier molecular flexibility index (Phi) is 16.8. The highest BCUT2D eigenvalue weighted by Gasteiger charge is 1.95. The van der Waals surface area contributed by atoms with Gasteiger partial charge >= 0.3 is 5.97 Å². The zero-order chi connectivity index (χ0) is 15.1. The highest BCUT2D eigenvalue weighted by atomic mass is 16.4. The fourth-order valence-electron chi connectivity index (χ4n) is 1.72. The van der Waals surface area contributed by atoms with E-state index in [0.29, 0.717) is 12.5 Å². The van der Waals surface area contributed by atoms with E-state index in [4.69, 9.17) is 10.2 Å². The van der Waals surface area contributed by atoms with Crippen molar-refractivity contribution in [2.75, 3.05) is 0 Å². The molecule has 0 aromatic heterocycles. The van der Waals surface area contributed by atoms with Gasteiger partial charge in [-0.2, -0.15) is 0 Å². The summed E-state index contributed by atoms with van der Waals surface area (Å²) in [4.78, 5) is 10.1. The maximum atomic E-state index is 10.1. The highest BCUT2D eigenvalue weighted by molar-refractivity contribution is 5.66. The fourth-order valence-corrected chi connectivity index (χ4v) is 1.72. The van der Waals surface area contributed by atoms with Crippen LogP contribution in [0.3, 0.4) is 0 Å². The van der Waals surface area contributed by atoms with Crippen LogP contribution in [0.5, 0.6) is 0 Å². The molecule has 116 valence electrons. The molecule has 0 saturated carbocycles. The predicted molar refractivity (Wildman–Crippen MR) is 80.2 cm³/mol. The van der Waals surface area contributed by atoms with Crippen LogP contribution in [0.1, 0.15) is 79.1 Å². The first-order valence-corrected chi connectivity index (χ1v) is 7.56. The maximum Gasteiger partial charge on any atom is 0.303 e. The number of carboxylic acid groups (broad SMARTS) is 1. The minimum absolute atomic E-state index is 0.341. The van der Waals surface area contributed by atoms with Crippen LogP contribution < -0.4 is 5.32 Å². The molecule has 0 rings (SSSR count). The average molecular weight is 275 g/mol. The molecule has 4 heteroatoms. The third-order valence-corrected chi connectivity index (χ3v) is 2.57. The number of aliphatic hydroxyl groups is 1. The Morgan fingerprint density at radius 2 is 1.47 bits per heavy atom. The minimum Gasteiger partial charge on any atom is -0.481 e. The number of unbranched alkanes of at least 4 members (excludes halogenated alkanes) is 6. The zero-order valence-corrected chi connectivity index (χ0v) is 13.1. The summed E-state index contributed by atoms with van der Waals surface area (Å²) in [6, 6.07) is 0.375. The molecule has 0 aliphatic heterocycles. The van der Waals surface area contributed by atoms with Crippen LogP contribution in [0.2, 0.25) is 0 Å². The summed E-state index contributed by atoms with van der Waals surface area (Å²) in [6.07, 6.45) is 8.27. The Morgan fingerprint density at radius 1 is 1.00 bits per heavy atom. The van der Waals surface area contributed by atoms with Gasteiger partial charge in [-0.1, -0.05) is 45.4 Å². The molecule has 4 nitrogen and oxygen atoms in total. The summed E-state index contributed by atoms with van der Waals surface area (Å²) in [5.74, 6) is -0.663. The third kappa shape index (κ3) is 26.8. The highest BCUT2D eigenvalue weighted by Crippen LogP contribution is 2.07. The lowest BCUT2D eigenvalue weighted by atomic mass is 10.1. The normalized spacial score (nSPS) is 11.9. The number of carboxylic acids is 1. The first-order chi connectivity index (χ1) is 8.90. The van der Waals surface area contributed by atoms with E-state index in [0.717, 1.165) is 12.8 Å². The topological polar surface area (TPSA) is 69.6 Å². The first kappa shape index (κ1) is 20.7. The quantitative estimate of drug-likeness (QED) is 0.421. The number of nitrogens with one attached hydrogen (secondary N) is 1. The van der Waals surface area contributed by atoms with Crippen LogP contribution >= 0.6 is 0 Å². The number of aliphatic carboxylic acids is 1. The monoisotopic (exact) mass is 275 g/mol. The summed E-state index contributed by atoms with van der Waals surface area (Å²) >= 11 is 0. The van der Waals surface area contributed by atoms with Crippen LogP contribution in [0.15, 0.2) is 0 Å². The largest absolute Gasteiger partial charge is 0.481 e. The molecule has 0 heterocycles. The van der Waals surface area contributed by atoms with E-state index >= 15 is 0 Å². The van der Waals surface area contributed by atoms with Gasteiger partial charge in [0.05, 0.1) is 0 Å². The Hall–Kier alpha value is -0.610. The molecule has 3 N–H and O–H groups in total. The molecular formula is C15H33NO3. The predicted octanol–water partition coefficient (Wildman–Crippen LogP) is 3.53. The molecule has 0 radical (unpaired) electrons. The zero-order valence-electron chi connectivity index (χ0n) is 13.1. The first-order valence-electron chi connectivity index (χ1n) is 7.56. The van der Waals surface area contributed by atoms with Crippen molar-refractivity contribution >= 4 is 5.97 Å². The van der Waals surface area contributed by atoms with E-state index in [1.54, 1.807) is 6.92 Å². The van der Waals surface area contributed by atoms with Crippen molar-refractivity contribution in [2.24, 2.45) is 0 Å². The Labute approximate surface area is 118 Å². The lowest BCUT2D eigenvalue weighted by Crippen LogP contribution is -2.31. The van der Waals surface area contributed by atoms with E-state index in [1.165, 1.54) is 32.1 Å². The van der Waals surface area contributed by atoms with Gasteiger partial charge in [0.2, 0.25) is 0 Å². The van der Waals surface area contributed by atoms with Crippen molar-refractivity contribution in [3.63, 3.8) is 0 Å². The van der Waals surface area contributed by atoms with Crippen LogP contribution in [0.25, 0.3) is 0 Å². The van der Waals surface area contributed by atoms with Crippen molar-refractivity contribution < 1.29 is 15.0 Å². The van der Waals surface area contributed by atoms with Crippen molar-refractivity contribution in [3.05, 3.63) is 0 Å². The second-order valence-electron chi connectivity index (χ2n) is 5.26. The summed E-state index contributed by atoms with van der Waals surface area (Å²) in [5, 5.41) is 19.8. The van der Waals surface area contributed by atoms with Gasteiger partial charge in [0.15, 0.2) is 0 Å². The van der Waals surface area contributed by atoms with Gasteiger partial charge in [-0.3, -0.25) is 10.1 Å². The van der Waals surface area contributed by atoms with Gasteiger partial charge in [0.1, 0.15) is 6.23 Å². The second kappa shape index (κ2) is 15.4. The molecule has 1 atom stereocenters. The summed E-state index contributed by atoms with van der Waals surface area (Å²) < 4.78 is 0. The standard InChI is InChI=1S/C10H20O2.C5H13NO/c1-2-3-4-5-6-7-8-9-10(11)12;1-4(2)6-5(3)7/h2-9H2,1H3,(H,11,12);4-7H,1-3H3. The van der Waals surface area contributed by atoms with Gasteiger partial charge in [0.25, 0.3) is 0 Å². The van der Waals surface area contributed by atoms with E-state index in [1.807, 2.05) is 13.8 Å². The molecule has 0 saturated heterocycles. The van der Waals surface area contributed by atoms with E-state index in [-0.39, 0.29) is 6.23 Å². The molecule has 0 spiro atoms. The van der Waals surface area contributed by atoms with Crippen molar-refractivity contribution in [3.8, 4) is 0 Å². The molecule has 0 aromatic carbocycles. The number of hydrogen-bond acceptors (Lipinski definition) is 3. The molecule has 0 amide bonds. The van der Waals surface area contributed by atoms with Crippen molar-refractivity contribution in [1.82, 2.24) is 5.32 Å². The molecule has 0 bridgehead atoms. The van der Waals surface area contributed by atoms with E-state index in [9.17, 15) is 4.79 Å². The van der Waals surface area contributed by atoms with Crippen molar-refractivity contribution in [2.45, 2.75) is 91.3 Å². The summed E-state index contributed by atoms with van der Waals surface area (Å²) in [6.45, 7) is 7.89. The molecule has 19 heavy (non-hydrogen) atoms. The molecule has 1 unspecified atom stereocenters. The van der Waals surface area contributed by atoms with Gasteiger partial charge in [-0.25, -0.2) is 0 Å². The Morgan fingerprint density at radius 3 is 1.79 bits per heavy atom. The minimum atomic E-state index is -0.663. The van der Waals surface area contributed by atoms with Gasteiger partial charge in [-0.05, 0) is 27.2 Å².